The van der Waals surface area contributed by atoms with Gasteiger partial charge in [0, 0.05) is 35.9 Å². The molecule has 0 saturated carbocycles. The van der Waals surface area contributed by atoms with Crippen LogP contribution in [0, 0.1) is 5.92 Å². The molecular weight excluding hydrogens is 390 g/mol. The summed E-state index contributed by atoms with van der Waals surface area (Å²) in [6.07, 6.45) is 1.82. The zero-order chi connectivity index (χ0) is 17.9. The van der Waals surface area contributed by atoms with Crippen molar-refractivity contribution >= 4 is 44.1 Å². The molecule has 1 unspecified atom stereocenters. The van der Waals surface area contributed by atoms with Gasteiger partial charge in [-0.2, -0.15) is 0 Å². The zero-order valence-electron chi connectivity index (χ0n) is 14.1. The number of nitrogens with zero attached hydrogens (tertiary/aromatic N) is 1. The molecule has 132 valence electrons. The third kappa shape index (κ3) is 4.07. The first kappa shape index (κ1) is 19.1. The number of amides is 1. The molecule has 1 heterocycles. The van der Waals surface area contributed by atoms with Gasteiger partial charge in [0.05, 0.1) is 22.2 Å². The van der Waals surface area contributed by atoms with Crippen LogP contribution in [-0.4, -0.2) is 40.3 Å². The normalized spacial score (nSPS) is 17.5. The minimum absolute atomic E-state index is 0.303. The van der Waals surface area contributed by atoms with Gasteiger partial charge in [0.25, 0.3) is 5.91 Å². The molecule has 24 heavy (non-hydrogen) atoms. The Bertz CT molecular complexity index is 670. The maximum atomic E-state index is 11.9. The van der Waals surface area contributed by atoms with Crippen LogP contribution in [-0.2, 0) is 11.0 Å². The molecule has 0 aliphatic carbocycles. The molecule has 7 heteroatoms. The summed E-state index contributed by atoms with van der Waals surface area (Å²) in [6, 6.07) is 3.69. The van der Waals surface area contributed by atoms with Gasteiger partial charge < -0.3 is 11.1 Å². The van der Waals surface area contributed by atoms with Crippen molar-refractivity contribution in [3.63, 3.8) is 0 Å². The van der Waals surface area contributed by atoms with E-state index in [1.807, 2.05) is 17.3 Å². The van der Waals surface area contributed by atoms with Gasteiger partial charge in [-0.1, -0.05) is 29.4 Å². The van der Waals surface area contributed by atoms with Crippen molar-refractivity contribution in [1.29, 1.82) is 0 Å². The number of rotatable bonds is 6. The van der Waals surface area contributed by atoms with Crippen molar-refractivity contribution in [3.05, 3.63) is 34.3 Å². The fourth-order valence-electron chi connectivity index (χ4n) is 3.13. The lowest BCUT2D eigenvalue weighted by Crippen LogP contribution is -2.36. The zero-order valence-corrected chi connectivity index (χ0v) is 16.5. The number of hydrogen-bond donors (Lipinski definition) is 2. The first-order valence-electron chi connectivity index (χ1n) is 8.02. The largest absolute Gasteiger partial charge is 0.387 e. The Hall–Kier alpha value is -1.18. The summed E-state index contributed by atoms with van der Waals surface area (Å²) in [5.41, 5.74) is 8.58. The smallest absolute Gasteiger partial charge is 0.250 e. The van der Waals surface area contributed by atoms with E-state index in [1.54, 1.807) is 13.1 Å². The van der Waals surface area contributed by atoms with Crippen LogP contribution >= 0.6 is 15.9 Å². The molecule has 3 N–H and O–H groups in total. The van der Waals surface area contributed by atoms with Gasteiger partial charge in [0.1, 0.15) is 0 Å². The third-order valence-corrected chi connectivity index (χ3v) is 6.34. The van der Waals surface area contributed by atoms with E-state index in [0.29, 0.717) is 17.2 Å². The molecule has 1 aromatic rings. The molecule has 0 bridgehead atoms. The SMILES string of the molecule is C=C(c1cc(Br)cc(C(N)=O)c1NC)C1CCN(S(=O)CC)CC1. The Balaban J connectivity index is 2.25. The average Bonchev–Trinajstić information content (AvgIpc) is 2.59. The molecular formula is C17H24BrN3O2S. The highest BCUT2D eigenvalue weighted by molar-refractivity contribution is 9.10. The van der Waals surface area contributed by atoms with Crippen LogP contribution in [0.1, 0.15) is 35.7 Å². The highest BCUT2D eigenvalue weighted by atomic mass is 79.9. The number of hydrogen-bond acceptors (Lipinski definition) is 3. The van der Waals surface area contributed by atoms with Crippen molar-refractivity contribution in [2.75, 3.05) is 31.2 Å². The van der Waals surface area contributed by atoms with E-state index < -0.39 is 16.9 Å². The topological polar surface area (TPSA) is 75.4 Å². The lowest BCUT2D eigenvalue weighted by Gasteiger charge is -2.32. The predicted octanol–water partition coefficient (Wildman–Crippen LogP) is 3.00. The van der Waals surface area contributed by atoms with Crippen molar-refractivity contribution in [1.82, 2.24) is 4.31 Å². The second-order valence-corrected chi connectivity index (χ2v) is 8.48. The van der Waals surface area contributed by atoms with Gasteiger partial charge in [-0.15, -0.1) is 0 Å². The van der Waals surface area contributed by atoms with Crippen molar-refractivity contribution in [2.24, 2.45) is 11.7 Å². The van der Waals surface area contributed by atoms with Crippen LogP contribution in [0.25, 0.3) is 5.57 Å². The van der Waals surface area contributed by atoms with Gasteiger partial charge >= 0.3 is 0 Å². The van der Waals surface area contributed by atoms with Crippen LogP contribution in [0.15, 0.2) is 23.2 Å². The average molecular weight is 414 g/mol. The lowest BCUT2D eigenvalue weighted by atomic mass is 9.85. The summed E-state index contributed by atoms with van der Waals surface area (Å²) >= 11 is 3.45. The third-order valence-electron chi connectivity index (χ3n) is 4.45. The number of nitrogens with two attached hydrogens (primary N) is 1. The predicted molar refractivity (Wildman–Crippen MR) is 104 cm³/mol. The van der Waals surface area contributed by atoms with E-state index in [9.17, 15) is 9.00 Å². The maximum absolute atomic E-state index is 11.9. The van der Waals surface area contributed by atoms with Crippen LogP contribution in [0.5, 0.6) is 0 Å². The monoisotopic (exact) mass is 413 g/mol. The summed E-state index contributed by atoms with van der Waals surface area (Å²) in [5.74, 6) is 0.489. The standard InChI is InChI=1S/C17H24BrN3O2S/c1-4-24(23)21-7-5-12(6-8-21)11(2)14-9-13(18)10-15(17(19)22)16(14)20-3/h9-10,12,20H,2,4-8H2,1,3H3,(H2,19,22). The first-order valence-corrected chi connectivity index (χ1v) is 10.1. The molecule has 1 aliphatic rings. The van der Waals surface area contributed by atoms with E-state index in [0.717, 1.165) is 47.2 Å². The summed E-state index contributed by atoms with van der Waals surface area (Å²) in [4.78, 5) is 11.7. The Labute approximate surface area is 154 Å². The molecule has 0 spiro atoms. The Morgan fingerprint density at radius 1 is 1.42 bits per heavy atom. The Kier molecular flexibility index (Phi) is 6.60. The van der Waals surface area contributed by atoms with E-state index in [2.05, 4.69) is 27.8 Å². The number of piperidine rings is 1. The van der Waals surface area contributed by atoms with Gasteiger partial charge in [-0.3, -0.25) is 4.79 Å². The molecule has 2 rings (SSSR count). The minimum Gasteiger partial charge on any atom is -0.387 e. The molecule has 0 radical (unpaired) electrons. The number of benzene rings is 1. The maximum Gasteiger partial charge on any atom is 0.250 e. The van der Waals surface area contributed by atoms with Crippen LogP contribution in [0.3, 0.4) is 0 Å². The number of halogens is 1. The van der Waals surface area contributed by atoms with Gasteiger partial charge in [-0.25, -0.2) is 8.51 Å². The highest BCUT2D eigenvalue weighted by Crippen LogP contribution is 2.37. The Morgan fingerprint density at radius 3 is 2.50 bits per heavy atom. The molecule has 0 aromatic heterocycles. The number of nitrogens with one attached hydrogen (secondary N) is 1. The number of primary amides is 1. The van der Waals surface area contributed by atoms with Gasteiger partial charge in [-0.05, 0) is 36.5 Å². The molecule has 1 atom stereocenters. The summed E-state index contributed by atoms with van der Waals surface area (Å²) in [6.45, 7) is 7.82. The minimum atomic E-state index is -0.883. The summed E-state index contributed by atoms with van der Waals surface area (Å²) in [7, 11) is 0.894. The van der Waals surface area contributed by atoms with Gasteiger partial charge in [0.15, 0.2) is 0 Å². The van der Waals surface area contributed by atoms with E-state index in [4.69, 9.17) is 5.73 Å². The van der Waals surface area contributed by atoms with Crippen molar-refractivity contribution in [3.8, 4) is 0 Å². The van der Waals surface area contributed by atoms with Gasteiger partial charge in [0.2, 0.25) is 0 Å². The fourth-order valence-corrected chi connectivity index (χ4v) is 4.58. The second kappa shape index (κ2) is 8.27. The number of allylic oxidation sites excluding steroid dienone is 1. The summed E-state index contributed by atoms with van der Waals surface area (Å²) < 4.78 is 14.8. The van der Waals surface area contributed by atoms with Crippen LogP contribution in [0.2, 0.25) is 0 Å². The fraction of sp³-hybridized carbons (Fsp3) is 0.471. The molecule has 1 fully saturated rings. The van der Waals surface area contributed by atoms with Crippen molar-refractivity contribution in [2.45, 2.75) is 19.8 Å². The van der Waals surface area contributed by atoms with E-state index in [-0.39, 0.29) is 0 Å². The number of anilines is 1. The molecule has 1 aromatic carbocycles. The number of carbonyl (C=O) groups excluding carboxylic acids is 1. The molecule has 1 saturated heterocycles. The van der Waals surface area contributed by atoms with Crippen LogP contribution < -0.4 is 11.1 Å². The highest BCUT2D eigenvalue weighted by Gasteiger charge is 2.26. The molecule has 5 nitrogen and oxygen atoms in total. The second-order valence-electron chi connectivity index (χ2n) is 5.83. The quantitative estimate of drug-likeness (QED) is 0.752. The van der Waals surface area contributed by atoms with E-state index in [1.165, 1.54) is 0 Å². The molecule has 1 amide bonds. The number of carbonyl (C=O) groups is 1. The van der Waals surface area contributed by atoms with E-state index >= 15 is 0 Å². The lowest BCUT2D eigenvalue weighted by molar-refractivity contribution is 0.100. The first-order chi connectivity index (χ1) is 11.4. The Morgan fingerprint density at radius 2 is 2.00 bits per heavy atom. The van der Waals surface area contributed by atoms with Crippen molar-refractivity contribution < 1.29 is 9.00 Å². The molecule has 1 aliphatic heterocycles. The van der Waals surface area contributed by atoms with Crippen LogP contribution in [0.4, 0.5) is 5.69 Å². The summed E-state index contributed by atoms with van der Waals surface area (Å²) in [5, 5.41) is 3.09.